The van der Waals surface area contributed by atoms with E-state index in [1.54, 1.807) is 0 Å². The van der Waals surface area contributed by atoms with Gasteiger partial charge in [0.2, 0.25) is 0 Å². The van der Waals surface area contributed by atoms with Crippen LogP contribution in [0.2, 0.25) is 0 Å². The van der Waals surface area contributed by atoms with Crippen LogP contribution in [0.4, 0.5) is 0 Å². The fourth-order valence-corrected chi connectivity index (χ4v) is 3.59. The van der Waals surface area contributed by atoms with E-state index in [9.17, 15) is 0 Å². The van der Waals surface area contributed by atoms with E-state index >= 15 is 0 Å². The Bertz CT molecular complexity index is 202. The Morgan fingerprint density at radius 1 is 0.545 bits per heavy atom. The summed E-state index contributed by atoms with van der Waals surface area (Å²) in [6, 6.07) is 0. The lowest BCUT2D eigenvalue weighted by atomic mass is 10.1. The Balaban J connectivity index is 0. The van der Waals surface area contributed by atoms with Crippen molar-refractivity contribution >= 4 is 15.9 Å². The molecule has 0 fully saturated rings. The Morgan fingerprint density at radius 3 is 1.32 bits per heavy atom. The van der Waals surface area contributed by atoms with E-state index in [0.29, 0.717) is 0 Å². The van der Waals surface area contributed by atoms with Gasteiger partial charge >= 0.3 is 0 Å². The molecule has 0 radical (unpaired) electrons. The summed E-state index contributed by atoms with van der Waals surface area (Å²) in [4.78, 5) is 0. The normalized spacial score (nSPS) is 11.5. The average Bonchev–Trinajstić information content (AvgIpc) is 2.50. The topological polar surface area (TPSA) is 0 Å². The molecule has 0 bridgehead atoms. The molecule has 0 unspecified atom stereocenters. The van der Waals surface area contributed by atoms with Gasteiger partial charge in [0.05, 0.1) is 26.2 Å². The van der Waals surface area contributed by atoms with Crippen LogP contribution in [0.5, 0.6) is 0 Å². The molecule has 1 nitrogen and oxygen atoms in total. The van der Waals surface area contributed by atoms with Crippen molar-refractivity contribution in [2.75, 3.05) is 31.5 Å². The van der Waals surface area contributed by atoms with Crippen molar-refractivity contribution in [1.82, 2.24) is 0 Å². The van der Waals surface area contributed by atoms with Crippen LogP contribution >= 0.6 is 15.9 Å². The standard InChI is InChI=1S/C19H41BrN.HI/c1-4-7-10-13-18-21(19-14-15-20,16-11-8-5-2)17-12-9-6-3;/h4-19H2,1-3H3;1H/q+1;/p-1. The summed E-state index contributed by atoms with van der Waals surface area (Å²) >= 11 is 3.65. The van der Waals surface area contributed by atoms with Gasteiger partial charge in [-0.1, -0.05) is 62.4 Å². The third kappa shape index (κ3) is 13.6. The number of quaternary nitrogens is 1. The molecule has 0 aromatic heterocycles. The van der Waals surface area contributed by atoms with Gasteiger partial charge in [0.25, 0.3) is 0 Å². The van der Waals surface area contributed by atoms with Crippen molar-refractivity contribution < 1.29 is 28.5 Å². The molecule has 0 rings (SSSR count). The van der Waals surface area contributed by atoms with Gasteiger partial charge in [-0.05, 0) is 38.5 Å². The Morgan fingerprint density at radius 2 is 0.909 bits per heavy atom. The maximum absolute atomic E-state index is 3.65. The maximum Gasteiger partial charge on any atom is 0.0794 e. The van der Waals surface area contributed by atoms with Gasteiger partial charge in [-0.3, -0.25) is 0 Å². The van der Waals surface area contributed by atoms with Crippen LogP contribution < -0.4 is 24.0 Å². The minimum absolute atomic E-state index is 0. The second-order valence-corrected chi connectivity index (χ2v) is 7.55. The first-order valence-corrected chi connectivity index (χ1v) is 10.8. The van der Waals surface area contributed by atoms with E-state index in [0.717, 1.165) is 0 Å². The van der Waals surface area contributed by atoms with E-state index in [1.807, 2.05) is 0 Å². The highest BCUT2D eigenvalue weighted by Crippen LogP contribution is 2.18. The molecule has 0 aliphatic carbocycles. The molecule has 0 heterocycles. The summed E-state index contributed by atoms with van der Waals surface area (Å²) in [6.07, 6.45) is 15.4. The first-order valence-electron chi connectivity index (χ1n) is 9.65. The Hall–Kier alpha value is 1.17. The van der Waals surface area contributed by atoms with Gasteiger partial charge in [0.1, 0.15) is 0 Å². The van der Waals surface area contributed by atoms with E-state index in [1.165, 1.54) is 107 Å². The molecule has 0 saturated carbocycles. The smallest absolute Gasteiger partial charge is 0.0794 e. The van der Waals surface area contributed by atoms with Crippen molar-refractivity contribution in [2.24, 2.45) is 0 Å². The van der Waals surface area contributed by atoms with Crippen LogP contribution in [0, 0.1) is 0 Å². The zero-order chi connectivity index (χ0) is 15.8. The van der Waals surface area contributed by atoms with Crippen molar-refractivity contribution in [2.45, 2.75) is 91.4 Å². The maximum atomic E-state index is 3.65. The van der Waals surface area contributed by atoms with Gasteiger partial charge in [-0.25, -0.2) is 0 Å². The van der Waals surface area contributed by atoms with Crippen LogP contribution in [-0.2, 0) is 0 Å². The summed E-state index contributed by atoms with van der Waals surface area (Å²) in [6.45, 7) is 12.6. The monoisotopic (exact) mass is 489 g/mol. The number of nitrogens with zero attached hydrogens (tertiary/aromatic N) is 1. The summed E-state index contributed by atoms with van der Waals surface area (Å²) in [7, 11) is 0. The lowest BCUT2D eigenvalue weighted by Gasteiger charge is -2.39. The molecular weight excluding hydrogens is 449 g/mol. The fraction of sp³-hybridized carbons (Fsp3) is 1.00. The molecule has 3 heteroatoms. The predicted octanol–water partition coefficient (Wildman–Crippen LogP) is 3.55. The molecule has 136 valence electrons. The summed E-state index contributed by atoms with van der Waals surface area (Å²) in [5.74, 6) is 0. The number of alkyl halides is 1. The van der Waals surface area contributed by atoms with Crippen LogP contribution in [-0.4, -0.2) is 36.0 Å². The number of hydrogen-bond acceptors (Lipinski definition) is 0. The minimum Gasteiger partial charge on any atom is -1.00 e. The van der Waals surface area contributed by atoms with Gasteiger partial charge in [0, 0.05) is 11.8 Å². The highest BCUT2D eigenvalue weighted by molar-refractivity contribution is 9.09. The van der Waals surface area contributed by atoms with Crippen molar-refractivity contribution in [3.8, 4) is 0 Å². The number of unbranched alkanes of at least 4 members (excludes halogenated alkanes) is 7. The first-order chi connectivity index (χ1) is 10.2. The zero-order valence-corrected chi connectivity index (χ0v) is 19.3. The molecule has 0 aliphatic rings. The zero-order valence-electron chi connectivity index (χ0n) is 15.5. The second kappa shape index (κ2) is 18.5. The Labute approximate surface area is 166 Å². The molecule has 0 aliphatic heterocycles. The molecule has 0 spiro atoms. The molecule has 22 heavy (non-hydrogen) atoms. The molecule has 0 saturated heterocycles. The lowest BCUT2D eigenvalue weighted by Crippen LogP contribution is -3.00. The van der Waals surface area contributed by atoms with Crippen LogP contribution in [0.15, 0.2) is 0 Å². The highest BCUT2D eigenvalue weighted by Gasteiger charge is 2.25. The van der Waals surface area contributed by atoms with Crippen LogP contribution in [0.1, 0.15) is 91.4 Å². The predicted molar refractivity (Wildman–Crippen MR) is 101 cm³/mol. The molecule has 0 amide bonds. The highest BCUT2D eigenvalue weighted by atomic mass is 127. The van der Waals surface area contributed by atoms with E-state index in [4.69, 9.17) is 0 Å². The van der Waals surface area contributed by atoms with Crippen molar-refractivity contribution in [3.63, 3.8) is 0 Å². The summed E-state index contributed by atoms with van der Waals surface area (Å²) < 4.78 is 1.41. The third-order valence-electron chi connectivity index (χ3n) is 4.72. The first kappa shape index (κ1) is 25.4. The Kier molecular flexibility index (Phi) is 21.4. The lowest BCUT2D eigenvalue weighted by molar-refractivity contribution is -0.928. The minimum atomic E-state index is 0. The summed E-state index contributed by atoms with van der Waals surface area (Å²) in [5.41, 5.74) is 0. The number of halogens is 2. The molecule has 0 atom stereocenters. The SMILES string of the molecule is CCCCCC[N+](CCCBr)(CCCCC)CCCCC.[I-]. The van der Waals surface area contributed by atoms with Crippen LogP contribution in [0.3, 0.4) is 0 Å². The van der Waals surface area contributed by atoms with Crippen molar-refractivity contribution in [3.05, 3.63) is 0 Å². The third-order valence-corrected chi connectivity index (χ3v) is 5.28. The second-order valence-electron chi connectivity index (χ2n) is 6.75. The number of hydrogen-bond donors (Lipinski definition) is 0. The molecule has 0 N–H and O–H groups in total. The van der Waals surface area contributed by atoms with Crippen LogP contribution in [0.25, 0.3) is 0 Å². The van der Waals surface area contributed by atoms with Gasteiger partial charge in [0.15, 0.2) is 0 Å². The molecule has 0 aromatic rings. The van der Waals surface area contributed by atoms with Crippen molar-refractivity contribution in [1.29, 1.82) is 0 Å². The van der Waals surface area contributed by atoms with Gasteiger partial charge in [-0.2, -0.15) is 0 Å². The van der Waals surface area contributed by atoms with Gasteiger partial charge in [-0.15, -0.1) is 0 Å². The molecule has 0 aromatic carbocycles. The average molecular weight is 490 g/mol. The van der Waals surface area contributed by atoms with Gasteiger partial charge < -0.3 is 28.5 Å². The number of rotatable bonds is 16. The summed E-state index contributed by atoms with van der Waals surface area (Å²) in [5, 5.41) is 1.17. The van der Waals surface area contributed by atoms with E-state index in [-0.39, 0.29) is 24.0 Å². The van der Waals surface area contributed by atoms with E-state index in [2.05, 4.69) is 36.7 Å². The largest absolute Gasteiger partial charge is 1.00 e. The fourth-order valence-electron chi connectivity index (χ4n) is 3.33. The molecular formula is C19H41BrIN. The quantitative estimate of drug-likeness (QED) is 0.134. The van der Waals surface area contributed by atoms with E-state index < -0.39 is 0 Å².